The molecule has 0 spiro atoms. The Morgan fingerprint density at radius 1 is 1.03 bits per heavy atom. The number of carbonyl (C=O) groups is 4. The Labute approximate surface area is 179 Å². The fourth-order valence-corrected chi connectivity index (χ4v) is 3.24. The molecule has 1 fully saturated rings. The summed E-state index contributed by atoms with van der Waals surface area (Å²) in [5.74, 6) is 2.28. The fourth-order valence-electron chi connectivity index (χ4n) is 3.24. The molecule has 9 heteroatoms. The molecule has 0 unspecified atom stereocenters. The molecule has 1 saturated heterocycles. The van der Waals surface area contributed by atoms with E-state index in [0.29, 0.717) is 5.01 Å². The Bertz CT molecular complexity index is 950. The molecule has 0 radical (unpaired) electrons. The maximum absolute atomic E-state index is 13.1. The van der Waals surface area contributed by atoms with Crippen molar-refractivity contribution in [1.29, 1.82) is 0 Å². The number of benzene rings is 2. The molecular weight excluding hydrogens is 402 g/mol. The number of hydrogen-bond donors (Lipinski definition) is 2. The quantitative estimate of drug-likeness (QED) is 0.215. The van der Waals surface area contributed by atoms with Crippen molar-refractivity contribution in [2.45, 2.75) is 32.2 Å². The van der Waals surface area contributed by atoms with Gasteiger partial charge in [-0.05, 0) is 17.5 Å². The number of hydrogen-bond acceptors (Lipinski definition) is 7. The number of hydrazine groups is 1. The van der Waals surface area contributed by atoms with E-state index in [1.54, 1.807) is 36.4 Å². The molecule has 3 rings (SSSR count). The summed E-state index contributed by atoms with van der Waals surface area (Å²) < 4.78 is 10.2. The van der Waals surface area contributed by atoms with Crippen molar-refractivity contribution in [3.8, 4) is 0 Å². The van der Waals surface area contributed by atoms with Gasteiger partial charge in [-0.3, -0.25) is 14.4 Å². The van der Waals surface area contributed by atoms with Gasteiger partial charge >= 0.3 is 12.1 Å². The van der Waals surface area contributed by atoms with Crippen molar-refractivity contribution < 1.29 is 28.7 Å². The lowest BCUT2D eigenvalue weighted by atomic mass is 9.86. The highest BCUT2D eigenvalue weighted by Crippen LogP contribution is 2.27. The number of nitrogens with two attached hydrogens (primary N) is 1. The first-order valence-electron chi connectivity index (χ1n) is 9.66. The smallest absolute Gasteiger partial charge is 0.408 e. The summed E-state index contributed by atoms with van der Waals surface area (Å²) >= 11 is 0. The molecule has 0 aliphatic carbocycles. The zero-order valence-corrected chi connectivity index (χ0v) is 16.9. The second-order valence-corrected chi connectivity index (χ2v) is 7.07. The molecule has 3 atom stereocenters. The van der Waals surface area contributed by atoms with E-state index in [9.17, 15) is 19.2 Å². The number of ether oxygens (including phenoxy) is 2. The molecule has 2 amide bonds. The summed E-state index contributed by atoms with van der Waals surface area (Å²) in [7, 11) is 0. The Hall–Kier alpha value is -3.72. The van der Waals surface area contributed by atoms with Crippen LogP contribution in [0.15, 0.2) is 60.7 Å². The van der Waals surface area contributed by atoms with Gasteiger partial charge in [0.25, 0.3) is 5.91 Å². The first-order valence-corrected chi connectivity index (χ1v) is 9.66. The van der Waals surface area contributed by atoms with Crippen molar-refractivity contribution in [1.82, 2.24) is 10.3 Å². The third kappa shape index (κ3) is 5.46. The maximum Gasteiger partial charge on any atom is 0.408 e. The van der Waals surface area contributed by atoms with Gasteiger partial charge in [0, 0.05) is 6.92 Å². The summed E-state index contributed by atoms with van der Waals surface area (Å²) in [5, 5.41) is 3.22. The number of alkyl carbamates (subject to hydrolysis) is 1. The molecule has 1 heterocycles. The zero-order valence-electron chi connectivity index (χ0n) is 16.9. The second kappa shape index (κ2) is 9.86. The molecule has 3 N–H and O–H groups in total. The highest BCUT2D eigenvalue weighted by molar-refractivity contribution is 6.08. The molecule has 2 aromatic carbocycles. The van der Waals surface area contributed by atoms with Crippen LogP contribution >= 0.6 is 0 Å². The van der Waals surface area contributed by atoms with Gasteiger partial charge in [-0.25, -0.2) is 15.6 Å². The Morgan fingerprint density at radius 2 is 1.61 bits per heavy atom. The lowest BCUT2D eigenvalue weighted by Gasteiger charge is -2.42. The minimum atomic E-state index is -1.29. The largest absolute Gasteiger partial charge is 0.445 e. The normalized spacial score (nSPS) is 18.5. The maximum atomic E-state index is 13.1. The fraction of sp³-hybridized carbons (Fsp3) is 0.273. The summed E-state index contributed by atoms with van der Waals surface area (Å²) in [6.07, 6.45) is -1.89. The van der Waals surface area contributed by atoms with E-state index >= 15 is 0 Å². The summed E-state index contributed by atoms with van der Waals surface area (Å²) in [6.45, 7) is 1.17. The number of esters is 1. The molecule has 0 bridgehead atoms. The van der Waals surface area contributed by atoms with Crippen LogP contribution in [0.25, 0.3) is 0 Å². The number of rotatable bonds is 8. The highest BCUT2D eigenvalue weighted by Gasteiger charge is 2.54. The number of amides is 2. The van der Waals surface area contributed by atoms with Crippen molar-refractivity contribution in [3.63, 3.8) is 0 Å². The first kappa shape index (κ1) is 22.0. The van der Waals surface area contributed by atoms with E-state index < -0.39 is 41.9 Å². The van der Waals surface area contributed by atoms with Crippen molar-refractivity contribution in [2.24, 2.45) is 11.8 Å². The second-order valence-electron chi connectivity index (χ2n) is 7.07. The Balaban J connectivity index is 1.72. The number of nitrogens with zero attached hydrogens (tertiary/aromatic N) is 1. The summed E-state index contributed by atoms with van der Waals surface area (Å²) in [4.78, 5) is 49.0. The number of Topliss-reactive ketones (excluding diaryl/α,β-unsaturated/α-hetero) is 1. The molecular formula is C22H23N3O6. The van der Waals surface area contributed by atoms with Crippen LogP contribution in [-0.2, 0) is 36.9 Å². The lowest BCUT2D eigenvalue weighted by molar-refractivity contribution is -0.198. The standard InChI is InChI=1S/C22H23N3O6/c1-14(26)31-21-18(20(28)25(21)23)19(27)17(12-15-8-4-2-5-9-15)24-22(29)30-13-16-10-6-3-7-11-16/h2-11,17-18,21H,12-13,23H2,1H3,(H,24,29)/t17-,18-,21-/m0/s1. The first-order chi connectivity index (χ1) is 14.9. The van der Waals surface area contributed by atoms with Gasteiger partial charge < -0.3 is 14.8 Å². The molecule has 31 heavy (non-hydrogen) atoms. The molecule has 162 valence electrons. The van der Waals surface area contributed by atoms with E-state index in [4.69, 9.17) is 15.3 Å². The van der Waals surface area contributed by atoms with Crippen molar-refractivity contribution in [3.05, 3.63) is 71.8 Å². The van der Waals surface area contributed by atoms with Gasteiger partial charge in [0.2, 0.25) is 6.23 Å². The SMILES string of the molecule is CC(=O)O[C@H]1[C@@H](C(=O)[C@H](Cc2ccccc2)NC(=O)OCc2ccccc2)C(=O)N1N. The number of carbonyl (C=O) groups excluding carboxylic acids is 4. The molecule has 0 aromatic heterocycles. The van der Waals surface area contributed by atoms with Crippen LogP contribution in [0, 0.1) is 5.92 Å². The van der Waals surface area contributed by atoms with Crippen LogP contribution in [-0.4, -0.2) is 41.0 Å². The molecule has 9 nitrogen and oxygen atoms in total. The van der Waals surface area contributed by atoms with Gasteiger partial charge in [-0.2, -0.15) is 0 Å². The predicted molar refractivity (Wildman–Crippen MR) is 109 cm³/mol. The van der Waals surface area contributed by atoms with Gasteiger partial charge in [-0.1, -0.05) is 60.7 Å². The van der Waals surface area contributed by atoms with Gasteiger partial charge in [0.05, 0.1) is 6.04 Å². The van der Waals surface area contributed by atoms with Gasteiger partial charge in [-0.15, -0.1) is 0 Å². The van der Waals surface area contributed by atoms with Crippen LogP contribution < -0.4 is 11.2 Å². The highest BCUT2D eigenvalue weighted by atomic mass is 16.6. The van der Waals surface area contributed by atoms with Crippen LogP contribution in [0.4, 0.5) is 4.79 Å². The lowest BCUT2D eigenvalue weighted by Crippen LogP contribution is -2.70. The third-order valence-corrected chi connectivity index (χ3v) is 4.80. The zero-order chi connectivity index (χ0) is 22.4. The Kier molecular flexibility index (Phi) is 6.99. The van der Waals surface area contributed by atoms with Crippen LogP contribution in [0.5, 0.6) is 0 Å². The average Bonchev–Trinajstić information content (AvgIpc) is 2.77. The number of β-lactam (4-membered cyclic amide) rings is 1. The minimum absolute atomic E-state index is 0.0218. The van der Waals surface area contributed by atoms with Gasteiger partial charge in [0.15, 0.2) is 11.7 Å². The van der Waals surface area contributed by atoms with Crippen LogP contribution in [0.3, 0.4) is 0 Å². The summed E-state index contributed by atoms with van der Waals surface area (Å²) in [5.41, 5.74) is 1.55. The minimum Gasteiger partial charge on any atom is -0.445 e. The summed E-state index contributed by atoms with van der Waals surface area (Å²) in [6, 6.07) is 17.0. The average molecular weight is 425 g/mol. The number of ketones is 1. The van der Waals surface area contributed by atoms with E-state index in [2.05, 4.69) is 5.32 Å². The predicted octanol–water partition coefficient (Wildman–Crippen LogP) is 1.31. The van der Waals surface area contributed by atoms with Crippen molar-refractivity contribution >= 4 is 23.8 Å². The monoisotopic (exact) mass is 425 g/mol. The van der Waals surface area contributed by atoms with Crippen molar-refractivity contribution in [2.75, 3.05) is 0 Å². The van der Waals surface area contributed by atoms with Gasteiger partial charge in [0.1, 0.15) is 6.61 Å². The molecule has 1 aliphatic rings. The van der Waals surface area contributed by atoms with E-state index in [1.807, 2.05) is 24.3 Å². The molecule has 1 aliphatic heterocycles. The van der Waals surface area contributed by atoms with E-state index in [0.717, 1.165) is 18.1 Å². The van der Waals surface area contributed by atoms with Crippen LogP contribution in [0.2, 0.25) is 0 Å². The topological polar surface area (TPSA) is 128 Å². The van der Waals surface area contributed by atoms with E-state index in [-0.39, 0.29) is 13.0 Å². The molecule has 2 aromatic rings. The molecule has 0 saturated carbocycles. The third-order valence-electron chi connectivity index (χ3n) is 4.80. The Morgan fingerprint density at radius 3 is 2.19 bits per heavy atom. The van der Waals surface area contributed by atoms with Crippen LogP contribution in [0.1, 0.15) is 18.1 Å². The number of nitrogens with one attached hydrogen (secondary N) is 1. The van der Waals surface area contributed by atoms with E-state index in [1.165, 1.54) is 0 Å².